The van der Waals surface area contributed by atoms with Gasteiger partial charge in [-0.2, -0.15) is 5.26 Å². The number of aromatic hydroxyl groups is 1. The number of aromatic carboxylic acids is 1. The largest absolute Gasteiger partial charge is 0.508 e. The molecule has 0 aliphatic carbocycles. The number of carboxylic acids is 1. The van der Waals surface area contributed by atoms with Crippen LogP contribution in [0.3, 0.4) is 0 Å². The van der Waals surface area contributed by atoms with Crippen LogP contribution in [0.4, 0.5) is 11.4 Å². The summed E-state index contributed by atoms with van der Waals surface area (Å²) >= 11 is 0. The van der Waals surface area contributed by atoms with Crippen LogP contribution in [0.2, 0.25) is 0 Å². The molecule has 7 heteroatoms. The van der Waals surface area contributed by atoms with Gasteiger partial charge in [0.15, 0.2) is 0 Å². The van der Waals surface area contributed by atoms with Crippen LogP contribution in [0.5, 0.6) is 5.75 Å². The smallest absolute Gasteiger partial charge is 0.335 e. The molecule has 0 aliphatic heterocycles. The third-order valence-electron chi connectivity index (χ3n) is 2.98. The molecule has 0 unspecified atom stereocenters. The van der Waals surface area contributed by atoms with Crippen LogP contribution in [-0.4, -0.2) is 22.1 Å². The van der Waals surface area contributed by atoms with Gasteiger partial charge in [-0.1, -0.05) is 6.07 Å². The molecule has 0 bridgehead atoms. The highest BCUT2D eigenvalue weighted by molar-refractivity contribution is 6.06. The number of amides is 1. The number of hydrogen-bond acceptors (Lipinski definition) is 5. The first-order chi connectivity index (χ1) is 11.5. The molecule has 4 N–H and O–H groups in total. The number of nitrogens with one attached hydrogen (secondary N) is 2. The Labute approximate surface area is 137 Å². The van der Waals surface area contributed by atoms with Crippen molar-refractivity contribution in [2.45, 2.75) is 0 Å². The van der Waals surface area contributed by atoms with Gasteiger partial charge in [0.1, 0.15) is 17.4 Å². The lowest BCUT2D eigenvalue weighted by Crippen LogP contribution is -2.14. The highest BCUT2D eigenvalue weighted by atomic mass is 16.4. The third kappa shape index (κ3) is 4.35. The van der Waals surface area contributed by atoms with Gasteiger partial charge in [0.2, 0.25) is 0 Å². The fraction of sp³-hybridized carbons (Fsp3) is 0. The van der Waals surface area contributed by atoms with Crippen molar-refractivity contribution in [3.63, 3.8) is 0 Å². The Hall–Kier alpha value is -3.79. The number of benzene rings is 2. The van der Waals surface area contributed by atoms with Crippen molar-refractivity contribution in [1.82, 2.24) is 0 Å². The van der Waals surface area contributed by atoms with E-state index in [-0.39, 0.29) is 16.9 Å². The Morgan fingerprint density at radius 1 is 1.08 bits per heavy atom. The minimum atomic E-state index is -1.08. The van der Waals surface area contributed by atoms with E-state index in [4.69, 9.17) is 10.4 Å². The molecule has 2 aromatic rings. The Balaban J connectivity index is 2.10. The fourth-order valence-corrected chi connectivity index (χ4v) is 1.79. The van der Waals surface area contributed by atoms with Gasteiger partial charge in [0, 0.05) is 17.6 Å². The molecule has 0 fully saturated rings. The van der Waals surface area contributed by atoms with E-state index < -0.39 is 11.9 Å². The maximum Gasteiger partial charge on any atom is 0.335 e. The van der Waals surface area contributed by atoms with Gasteiger partial charge in [0.05, 0.1) is 5.56 Å². The average Bonchev–Trinajstić information content (AvgIpc) is 2.57. The van der Waals surface area contributed by atoms with Crippen molar-refractivity contribution < 1.29 is 19.8 Å². The molecular formula is C17H13N3O4. The van der Waals surface area contributed by atoms with E-state index >= 15 is 0 Å². The normalized spacial score (nSPS) is 10.5. The first kappa shape index (κ1) is 16.6. The molecule has 0 saturated carbocycles. The summed E-state index contributed by atoms with van der Waals surface area (Å²) in [7, 11) is 0. The van der Waals surface area contributed by atoms with Crippen LogP contribution in [-0.2, 0) is 4.79 Å². The van der Waals surface area contributed by atoms with Crippen molar-refractivity contribution in [3.8, 4) is 11.8 Å². The van der Waals surface area contributed by atoms with Gasteiger partial charge >= 0.3 is 5.97 Å². The van der Waals surface area contributed by atoms with Gasteiger partial charge in [-0.05, 0) is 42.5 Å². The number of nitriles is 1. The number of carboxylic acid groups (broad SMARTS) is 1. The van der Waals surface area contributed by atoms with E-state index in [0.717, 1.165) is 0 Å². The summed E-state index contributed by atoms with van der Waals surface area (Å²) in [5, 5.41) is 32.4. The van der Waals surface area contributed by atoms with Crippen LogP contribution in [0.15, 0.2) is 60.3 Å². The van der Waals surface area contributed by atoms with Crippen LogP contribution in [0.25, 0.3) is 0 Å². The monoisotopic (exact) mass is 323 g/mol. The first-order valence-corrected chi connectivity index (χ1v) is 6.80. The number of rotatable bonds is 5. The van der Waals surface area contributed by atoms with E-state index in [9.17, 15) is 14.7 Å². The zero-order valence-corrected chi connectivity index (χ0v) is 12.4. The number of carbonyl (C=O) groups excluding carboxylic acids is 1. The summed E-state index contributed by atoms with van der Waals surface area (Å²) in [5.41, 5.74) is 0.746. The number of phenols is 1. The molecule has 0 aromatic heterocycles. The van der Waals surface area contributed by atoms with Crippen LogP contribution in [0.1, 0.15) is 10.4 Å². The zero-order valence-electron chi connectivity index (χ0n) is 12.4. The Morgan fingerprint density at radius 3 is 2.42 bits per heavy atom. The maximum atomic E-state index is 12.0. The molecule has 0 saturated heterocycles. The van der Waals surface area contributed by atoms with E-state index in [1.807, 2.05) is 0 Å². The lowest BCUT2D eigenvalue weighted by molar-refractivity contribution is -0.112. The predicted molar refractivity (Wildman–Crippen MR) is 87.5 cm³/mol. The van der Waals surface area contributed by atoms with Crippen molar-refractivity contribution in [3.05, 3.63) is 65.9 Å². The van der Waals surface area contributed by atoms with Crippen molar-refractivity contribution in [1.29, 1.82) is 5.26 Å². The Kier molecular flexibility index (Phi) is 5.16. The second kappa shape index (κ2) is 7.47. The molecule has 0 heterocycles. The van der Waals surface area contributed by atoms with Gasteiger partial charge in [0.25, 0.3) is 5.91 Å². The van der Waals surface area contributed by atoms with E-state index in [1.54, 1.807) is 18.2 Å². The van der Waals surface area contributed by atoms with Crippen LogP contribution < -0.4 is 10.6 Å². The lowest BCUT2D eigenvalue weighted by Gasteiger charge is -2.06. The minimum absolute atomic E-state index is 0.0593. The van der Waals surface area contributed by atoms with Crippen molar-refractivity contribution in [2.75, 3.05) is 10.6 Å². The average molecular weight is 323 g/mol. The third-order valence-corrected chi connectivity index (χ3v) is 2.98. The molecule has 2 aromatic carbocycles. The Morgan fingerprint density at radius 2 is 1.79 bits per heavy atom. The fourth-order valence-electron chi connectivity index (χ4n) is 1.79. The number of anilines is 2. The van der Waals surface area contributed by atoms with Gasteiger partial charge in [-0.15, -0.1) is 0 Å². The molecular weight excluding hydrogens is 310 g/mol. The maximum absolute atomic E-state index is 12.0. The summed E-state index contributed by atoms with van der Waals surface area (Å²) in [4.78, 5) is 22.9. The standard InChI is InChI=1S/C17H13N3O4/c18-9-12(16(22)20-13-4-6-15(21)7-5-13)10-19-14-3-1-2-11(8-14)17(23)24/h1-8,10,19,21H,(H,20,22)(H,23,24)/b12-10-. The summed E-state index contributed by atoms with van der Waals surface area (Å²) in [5.74, 6) is -1.65. The summed E-state index contributed by atoms with van der Waals surface area (Å²) in [6.45, 7) is 0. The molecule has 0 spiro atoms. The molecule has 1 amide bonds. The van der Waals surface area contributed by atoms with Crippen molar-refractivity contribution in [2.24, 2.45) is 0 Å². The van der Waals surface area contributed by atoms with Crippen LogP contribution >= 0.6 is 0 Å². The molecule has 0 radical (unpaired) electrons. The van der Waals surface area contributed by atoms with Gasteiger partial charge in [-0.25, -0.2) is 4.79 Å². The molecule has 0 atom stereocenters. The minimum Gasteiger partial charge on any atom is -0.508 e. The van der Waals surface area contributed by atoms with E-state index in [0.29, 0.717) is 11.4 Å². The van der Waals surface area contributed by atoms with Crippen LogP contribution in [0, 0.1) is 11.3 Å². The summed E-state index contributed by atoms with van der Waals surface area (Å²) in [6, 6.07) is 13.5. The van der Waals surface area contributed by atoms with Gasteiger partial charge < -0.3 is 20.8 Å². The number of hydrogen-bond donors (Lipinski definition) is 4. The second-order valence-corrected chi connectivity index (χ2v) is 4.70. The topological polar surface area (TPSA) is 122 Å². The summed E-state index contributed by atoms with van der Waals surface area (Å²) in [6.07, 6.45) is 1.19. The van der Waals surface area contributed by atoms with Gasteiger partial charge in [-0.3, -0.25) is 4.79 Å². The first-order valence-electron chi connectivity index (χ1n) is 6.80. The Bertz CT molecular complexity index is 836. The highest BCUT2D eigenvalue weighted by Crippen LogP contribution is 2.15. The second-order valence-electron chi connectivity index (χ2n) is 4.70. The molecule has 120 valence electrons. The SMILES string of the molecule is N#C/C(=C/Nc1cccc(C(=O)O)c1)C(=O)Nc1ccc(O)cc1. The predicted octanol–water partition coefficient (Wildman–Crippen LogP) is 2.55. The number of phenolic OH excluding ortho intramolecular Hbond substituents is 1. The van der Waals surface area contributed by atoms with E-state index in [2.05, 4.69) is 10.6 Å². The number of nitrogens with zero attached hydrogens (tertiary/aromatic N) is 1. The lowest BCUT2D eigenvalue weighted by atomic mass is 10.2. The summed E-state index contributed by atoms with van der Waals surface area (Å²) < 4.78 is 0. The highest BCUT2D eigenvalue weighted by Gasteiger charge is 2.09. The molecule has 24 heavy (non-hydrogen) atoms. The molecule has 7 nitrogen and oxygen atoms in total. The quantitative estimate of drug-likeness (QED) is 0.381. The molecule has 0 aliphatic rings. The van der Waals surface area contributed by atoms with E-state index in [1.165, 1.54) is 42.6 Å². The van der Waals surface area contributed by atoms with Crippen molar-refractivity contribution >= 4 is 23.3 Å². The molecule has 2 rings (SSSR count). The zero-order chi connectivity index (χ0) is 17.5. The number of carbonyl (C=O) groups is 2.